The Balaban J connectivity index is 2.21. The van der Waals surface area contributed by atoms with Crippen LogP contribution in [0.3, 0.4) is 0 Å². The molecule has 0 spiro atoms. The van der Waals surface area contributed by atoms with Gasteiger partial charge in [0.1, 0.15) is 0 Å². The van der Waals surface area contributed by atoms with Crippen LogP contribution >= 0.6 is 0 Å². The maximum absolute atomic E-state index is 14.9. The summed E-state index contributed by atoms with van der Waals surface area (Å²) in [4.78, 5) is 43.0. The van der Waals surface area contributed by atoms with Gasteiger partial charge in [-0.2, -0.15) is 0 Å². The molecule has 0 unspecified atom stereocenters. The third-order valence-corrected chi connectivity index (χ3v) is 14.5. The number of hydrogen-bond donors (Lipinski definition) is 0. The molecular weight excluding hydrogens is 472 g/mol. The lowest BCUT2D eigenvalue weighted by Crippen LogP contribution is -2.72. The number of carbonyl (C=O) groups is 3. The first-order valence-corrected chi connectivity index (χ1v) is 16.6. The number of rotatable bonds is 9. The molecule has 3 fully saturated rings. The summed E-state index contributed by atoms with van der Waals surface area (Å²) in [6, 6.07) is 2.79. The molecule has 1 saturated heterocycles. The van der Waals surface area contributed by atoms with Crippen LogP contribution in [0.15, 0.2) is 0 Å². The molecule has 0 aromatic rings. The lowest BCUT2D eigenvalue weighted by Gasteiger charge is -2.60. The van der Waals surface area contributed by atoms with E-state index in [0.29, 0.717) is 19.3 Å². The Hall–Kier alpha value is -0.893. The molecule has 3 aliphatic rings. The van der Waals surface area contributed by atoms with Crippen molar-refractivity contribution in [1.29, 1.82) is 0 Å². The second-order valence-corrected chi connectivity index (χ2v) is 18.3. The van der Waals surface area contributed by atoms with Crippen molar-refractivity contribution >= 4 is 25.7 Å². The summed E-state index contributed by atoms with van der Waals surface area (Å²) in [6.07, 6.45) is 0.812. The van der Waals surface area contributed by atoms with Crippen LogP contribution in [-0.2, 0) is 28.3 Å². The molecular formula is C29H50O6Si. The van der Waals surface area contributed by atoms with Crippen molar-refractivity contribution in [2.75, 3.05) is 0 Å². The van der Waals surface area contributed by atoms with Gasteiger partial charge >= 0.3 is 0 Å². The average molecular weight is 523 g/mol. The van der Waals surface area contributed by atoms with Crippen LogP contribution in [0, 0.1) is 22.2 Å². The fourth-order valence-electron chi connectivity index (χ4n) is 7.47. The number of ketones is 3. The van der Waals surface area contributed by atoms with Crippen molar-refractivity contribution < 1.29 is 28.3 Å². The summed E-state index contributed by atoms with van der Waals surface area (Å²) in [7, 11) is -2.16. The fourth-order valence-corrected chi connectivity index (χ4v) is 10.4. The van der Waals surface area contributed by atoms with Crippen LogP contribution in [0.4, 0.5) is 0 Å². The van der Waals surface area contributed by atoms with E-state index in [4.69, 9.17) is 13.9 Å². The predicted octanol–water partition coefficient (Wildman–Crippen LogP) is 6.26. The Morgan fingerprint density at radius 3 is 2.00 bits per heavy atom. The predicted molar refractivity (Wildman–Crippen MR) is 143 cm³/mol. The van der Waals surface area contributed by atoms with Crippen LogP contribution in [0.5, 0.6) is 0 Å². The van der Waals surface area contributed by atoms with Crippen molar-refractivity contribution in [2.45, 2.75) is 144 Å². The zero-order valence-electron chi connectivity index (χ0n) is 24.6. The van der Waals surface area contributed by atoms with Crippen molar-refractivity contribution in [3.05, 3.63) is 0 Å². The SMILES string of the molecule is CC[Si](CC)(CC)O[C@@H]1CC(=O)[C@]2(C(=O)C(C)C)C(=O)[C@@]1(C[C@@H]1OC(C)(C)OC1(C)C)CCC2(C)C. The molecule has 0 aromatic heterocycles. The first kappa shape index (κ1) is 29.7. The second-order valence-electron chi connectivity index (χ2n) is 13.5. The van der Waals surface area contributed by atoms with E-state index in [2.05, 4.69) is 20.8 Å². The van der Waals surface area contributed by atoms with Gasteiger partial charge in [-0.05, 0) is 70.5 Å². The summed E-state index contributed by atoms with van der Waals surface area (Å²) in [5.74, 6) is -1.89. The maximum Gasteiger partial charge on any atom is 0.192 e. The van der Waals surface area contributed by atoms with Gasteiger partial charge in [0.15, 0.2) is 36.9 Å². The molecule has 2 saturated carbocycles. The van der Waals surface area contributed by atoms with Crippen molar-refractivity contribution in [2.24, 2.45) is 22.2 Å². The van der Waals surface area contributed by atoms with E-state index < -0.39 is 48.0 Å². The summed E-state index contributed by atoms with van der Waals surface area (Å²) < 4.78 is 19.7. The van der Waals surface area contributed by atoms with Gasteiger partial charge < -0.3 is 13.9 Å². The third kappa shape index (κ3) is 4.30. The number of carbonyl (C=O) groups excluding carboxylic acids is 3. The van der Waals surface area contributed by atoms with Crippen LogP contribution in [-0.4, -0.2) is 49.3 Å². The van der Waals surface area contributed by atoms with Gasteiger partial charge in [0.05, 0.1) is 23.2 Å². The standard InChI is InChI=1S/C29H50O6Si/c1-12-36(13-2,14-3)34-21-17-20(30)29(23(31)19(4)5)24(32)28(21,16-15-25(29,6)7)18-22-26(8,9)35-27(10,11)33-22/h19,21-22H,12-18H2,1-11H3/t21-,22+,28-,29+/m1/s1. The number of hydrogen-bond acceptors (Lipinski definition) is 6. The van der Waals surface area contributed by atoms with Crippen LogP contribution in [0.1, 0.15) is 102 Å². The van der Waals surface area contributed by atoms with Gasteiger partial charge in [-0.25, -0.2) is 0 Å². The normalized spacial score (nSPS) is 35.3. The molecule has 0 radical (unpaired) electrons. The highest BCUT2D eigenvalue weighted by Crippen LogP contribution is 2.63. The summed E-state index contributed by atoms with van der Waals surface area (Å²) in [6.45, 7) is 21.7. The molecule has 1 aliphatic heterocycles. The Bertz CT molecular complexity index is 893. The number of fused-ring (bicyclic) bond motifs is 2. The van der Waals surface area contributed by atoms with E-state index in [9.17, 15) is 14.4 Å². The van der Waals surface area contributed by atoms with Gasteiger partial charge in [-0.15, -0.1) is 0 Å². The van der Waals surface area contributed by atoms with Gasteiger partial charge in [-0.1, -0.05) is 48.5 Å². The molecule has 0 amide bonds. The third-order valence-electron chi connectivity index (χ3n) is 9.89. The van der Waals surface area contributed by atoms with Gasteiger partial charge in [0.25, 0.3) is 0 Å². The first-order chi connectivity index (χ1) is 16.4. The monoisotopic (exact) mass is 522 g/mol. The van der Waals surface area contributed by atoms with Crippen molar-refractivity contribution in [3.8, 4) is 0 Å². The van der Waals surface area contributed by atoms with Gasteiger partial charge in [0.2, 0.25) is 0 Å². The Labute approximate surface area is 219 Å². The lowest BCUT2D eigenvalue weighted by molar-refractivity contribution is -0.191. The molecule has 6 nitrogen and oxygen atoms in total. The largest absolute Gasteiger partial charge is 0.412 e. The second kappa shape index (κ2) is 9.39. The van der Waals surface area contributed by atoms with Crippen LogP contribution in [0.25, 0.3) is 0 Å². The molecule has 4 atom stereocenters. The summed E-state index contributed by atoms with van der Waals surface area (Å²) >= 11 is 0. The molecule has 1 heterocycles. The molecule has 2 aliphatic carbocycles. The van der Waals surface area contributed by atoms with E-state index >= 15 is 0 Å². The smallest absolute Gasteiger partial charge is 0.192 e. The lowest BCUT2D eigenvalue weighted by atomic mass is 9.41. The number of ether oxygens (including phenoxy) is 2. The summed E-state index contributed by atoms with van der Waals surface area (Å²) in [5.41, 5.74) is -3.95. The van der Waals surface area contributed by atoms with E-state index in [-0.39, 0.29) is 29.9 Å². The Morgan fingerprint density at radius 2 is 1.56 bits per heavy atom. The minimum absolute atomic E-state index is 0.111. The van der Waals surface area contributed by atoms with Crippen molar-refractivity contribution in [3.63, 3.8) is 0 Å². The van der Waals surface area contributed by atoms with E-state index in [1.807, 2.05) is 41.5 Å². The van der Waals surface area contributed by atoms with E-state index in [0.717, 1.165) is 18.1 Å². The van der Waals surface area contributed by atoms with Crippen molar-refractivity contribution in [1.82, 2.24) is 0 Å². The molecule has 0 N–H and O–H groups in total. The molecule has 0 aromatic carbocycles. The van der Waals surface area contributed by atoms with E-state index in [1.165, 1.54) is 0 Å². The Morgan fingerprint density at radius 1 is 1.00 bits per heavy atom. The van der Waals surface area contributed by atoms with Gasteiger partial charge in [-0.3, -0.25) is 14.4 Å². The van der Waals surface area contributed by atoms with E-state index in [1.54, 1.807) is 13.8 Å². The fraction of sp³-hybridized carbons (Fsp3) is 0.897. The Kier molecular flexibility index (Phi) is 7.73. The topological polar surface area (TPSA) is 78.9 Å². The highest BCUT2D eigenvalue weighted by atomic mass is 28.4. The van der Waals surface area contributed by atoms with Gasteiger partial charge in [0, 0.05) is 12.3 Å². The summed E-state index contributed by atoms with van der Waals surface area (Å²) in [5, 5.41) is 0. The molecule has 3 rings (SSSR count). The molecule has 2 bridgehead atoms. The zero-order chi connectivity index (χ0) is 27.5. The average Bonchev–Trinajstić information content (AvgIpc) is 2.98. The molecule has 7 heteroatoms. The minimum Gasteiger partial charge on any atom is -0.412 e. The molecule has 36 heavy (non-hydrogen) atoms. The number of Topliss-reactive ketones (excluding diaryl/α,β-unsaturated/α-hetero) is 3. The highest BCUT2D eigenvalue weighted by Gasteiger charge is 2.74. The molecule has 206 valence electrons. The van der Waals surface area contributed by atoms with Crippen LogP contribution < -0.4 is 0 Å². The quantitative estimate of drug-likeness (QED) is 0.263. The first-order valence-electron chi connectivity index (χ1n) is 14.1. The zero-order valence-corrected chi connectivity index (χ0v) is 25.6. The van der Waals surface area contributed by atoms with Crippen LogP contribution in [0.2, 0.25) is 18.1 Å². The maximum atomic E-state index is 14.9. The highest BCUT2D eigenvalue weighted by molar-refractivity contribution is 6.73. The minimum atomic E-state index is -2.16.